The van der Waals surface area contributed by atoms with Crippen molar-refractivity contribution in [1.82, 2.24) is 15.5 Å². The zero-order chi connectivity index (χ0) is 22.3. The number of nitrogens with two attached hydrogens (primary N) is 1. The molecule has 2 aromatic rings. The highest BCUT2D eigenvalue weighted by Gasteiger charge is 2.17. The average Bonchev–Trinajstić information content (AvgIpc) is 2.78. The maximum absolute atomic E-state index is 12.5. The van der Waals surface area contributed by atoms with Crippen LogP contribution in [0.4, 0.5) is 4.79 Å². The van der Waals surface area contributed by atoms with Crippen molar-refractivity contribution in [3.63, 3.8) is 0 Å². The molecule has 1 fully saturated rings. The number of carbonyl (C=O) groups excluding carboxylic acids is 2. The van der Waals surface area contributed by atoms with Crippen molar-refractivity contribution in [2.75, 3.05) is 19.6 Å². The Morgan fingerprint density at radius 3 is 2.10 bits per heavy atom. The molecule has 0 radical (unpaired) electrons. The summed E-state index contributed by atoms with van der Waals surface area (Å²) in [5, 5.41) is 10.6. The lowest BCUT2D eigenvalue weighted by Crippen LogP contribution is -2.36. The maximum Gasteiger partial charge on any atom is 0.315 e. The number of piperidine rings is 1. The first-order valence-corrected chi connectivity index (χ1v) is 11.9. The van der Waals surface area contributed by atoms with Crippen LogP contribution in [0.2, 0.25) is 0 Å². The van der Waals surface area contributed by atoms with Gasteiger partial charge in [0.15, 0.2) is 0 Å². The van der Waals surface area contributed by atoms with E-state index < -0.39 is 10.0 Å². The Bertz CT molecular complexity index is 999. The van der Waals surface area contributed by atoms with E-state index in [1.165, 1.54) is 18.6 Å². The van der Waals surface area contributed by atoms with Crippen LogP contribution in [0.1, 0.15) is 40.7 Å². The topological polar surface area (TPSA) is 122 Å². The lowest BCUT2D eigenvalue weighted by molar-refractivity contribution is 0.0724. The molecule has 3 amide bonds. The third-order valence-corrected chi connectivity index (χ3v) is 6.18. The summed E-state index contributed by atoms with van der Waals surface area (Å²) in [6, 6.07) is 13.3. The quantitative estimate of drug-likeness (QED) is 0.605. The van der Waals surface area contributed by atoms with E-state index >= 15 is 0 Å². The van der Waals surface area contributed by atoms with Crippen LogP contribution in [0.25, 0.3) is 0 Å². The van der Waals surface area contributed by atoms with Crippen molar-refractivity contribution in [3.05, 3.63) is 65.2 Å². The van der Waals surface area contributed by atoms with Crippen molar-refractivity contribution in [3.8, 4) is 0 Å². The zero-order valence-electron chi connectivity index (χ0n) is 17.3. The Morgan fingerprint density at radius 1 is 0.871 bits per heavy atom. The van der Waals surface area contributed by atoms with E-state index in [1.807, 2.05) is 17.0 Å². The number of primary sulfonamides is 1. The van der Waals surface area contributed by atoms with Crippen LogP contribution in [-0.2, 0) is 23.0 Å². The third-order valence-electron chi connectivity index (χ3n) is 5.25. The minimum atomic E-state index is -3.70. The van der Waals surface area contributed by atoms with Gasteiger partial charge in [-0.3, -0.25) is 4.79 Å². The van der Waals surface area contributed by atoms with E-state index in [-0.39, 0.29) is 16.8 Å². The van der Waals surface area contributed by atoms with Crippen LogP contribution < -0.4 is 15.8 Å². The van der Waals surface area contributed by atoms with Crippen LogP contribution in [0.15, 0.2) is 53.4 Å². The fourth-order valence-corrected chi connectivity index (χ4v) is 3.97. The molecule has 1 aliphatic heterocycles. The largest absolute Gasteiger partial charge is 0.339 e. The van der Waals surface area contributed by atoms with E-state index in [4.69, 9.17) is 5.14 Å². The second-order valence-electron chi connectivity index (χ2n) is 7.60. The van der Waals surface area contributed by atoms with E-state index in [0.29, 0.717) is 25.1 Å². The van der Waals surface area contributed by atoms with E-state index in [2.05, 4.69) is 10.6 Å². The van der Waals surface area contributed by atoms with Gasteiger partial charge in [0.25, 0.3) is 5.91 Å². The third kappa shape index (κ3) is 6.80. The number of benzene rings is 2. The molecule has 0 aliphatic carbocycles. The number of nitrogens with zero attached hydrogens (tertiary/aromatic N) is 1. The van der Waals surface area contributed by atoms with Crippen molar-refractivity contribution in [1.29, 1.82) is 0 Å². The number of rotatable bonds is 7. The summed E-state index contributed by atoms with van der Waals surface area (Å²) in [5.74, 6) is 0.0639. The van der Waals surface area contributed by atoms with Gasteiger partial charge >= 0.3 is 6.03 Å². The molecule has 1 saturated heterocycles. The molecule has 31 heavy (non-hydrogen) atoms. The Balaban J connectivity index is 1.39. The van der Waals surface area contributed by atoms with Crippen LogP contribution in [0.3, 0.4) is 0 Å². The second-order valence-corrected chi connectivity index (χ2v) is 9.16. The lowest BCUT2D eigenvalue weighted by atomic mass is 10.1. The standard InChI is InChI=1S/C22H28N4O4S/c23-31(29,30)20-10-6-17(7-11-20)12-13-24-22(28)25-16-18-4-8-19(9-5-18)21(27)26-14-2-1-3-15-26/h4-11H,1-3,12-16H2,(H2,23,29,30)(H2,24,25,28). The summed E-state index contributed by atoms with van der Waals surface area (Å²) in [4.78, 5) is 26.4. The fraction of sp³-hybridized carbons (Fsp3) is 0.364. The van der Waals surface area contributed by atoms with Crippen LogP contribution in [0, 0.1) is 0 Å². The van der Waals surface area contributed by atoms with Gasteiger partial charge in [0.2, 0.25) is 10.0 Å². The summed E-state index contributed by atoms with van der Waals surface area (Å²) < 4.78 is 22.5. The Labute approximate surface area is 182 Å². The van der Waals surface area contributed by atoms with Gasteiger partial charge in [-0.2, -0.15) is 0 Å². The fourth-order valence-electron chi connectivity index (χ4n) is 3.46. The van der Waals surface area contributed by atoms with Gasteiger partial charge in [-0.1, -0.05) is 24.3 Å². The van der Waals surface area contributed by atoms with E-state index in [0.717, 1.165) is 37.1 Å². The molecule has 1 heterocycles. The lowest BCUT2D eigenvalue weighted by Gasteiger charge is -2.26. The molecule has 166 valence electrons. The van der Waals surface area contributed by atoms with E-state index in [9.17, 15) is 18.0 Å². The van der Waals surface area contributed by atoms with E-state index in [1.54, 1.807) is 24.3 Å². The van der Waals surface area contributed by atoms with Crippen LogP contribution >= 0.6 is 0 Å². The Morgan fingerprint density at radius 2 is 1.48 bits per heavy atom. The molecular weight excluding hydrogens is 416 g/mol. The maximum atomic E-state index is 12.5. The van der Waals surface area contributed by atoms with Crippen molar-refractivity contribution < 1.29 is 18.0 Å². The summed E-state index contributed by atoms with van der Waals surface area (Å²) in [7, 11) is -3.70. The first kappa shape index (κ1) is 22.8. The highest BCUT2D eigenvalue weighted by Crippen LogP contribution is 2.14. The minimum Gasteiger partial charge on any atom is -0.339 e. The second kappa shape index (κ2) is 10.4. The number of amides is 3. The number of likely N-dealkylation sites (tertiary alicyclic amines) is 1. The molecule has 9 heteroatoms. The van der Waals surface area contributed by atoms with Gasteiger partial charge in [-0.05, 0) is 61.1 Å². The number of sulfonamides is 1. The predicted octanol–water partition coefficient (Wildman–Crippen LogP) is 2.00. The zero-order valence-corrected chi connectivity index (χ0v) is 18.2. The predicted molar refractivity (Wildman–Crippen MR) is 118 cm³/mol. The van der Waals surface area contributed by atoms with Crippen LogP contribution in [0.5, 0.6) is 0 Å². The first-order valence-electron chi connectivity index (χ1n) is 10.3. The molecular formula is C22H28N4O4S. The molecule has 0 bridgehead atoms. The smallest absolute Gasteiger partial charge is 0.315 e. The number of hydrogen-bond donors (Lipinski definition) is 3. The highest BCUT2D eigenvalue weighted by molar-refractivity contribution is 7.89. The van der Waals surface area contributed by atoms with Crippen molar-refractivity contribution >= 4 is 22.0 Å². The highest BCUT2D eigenvalue weighted by atomic mass is 32.2. The SMILES string of the molecule is NS(=O)(=O)c1ccc(CCNC(=O)NCc2ccc(C(=O)N3CCCCC3)cc2)cc1. The van der Waals surface area contributed by atoms with Gasteiger partial charge < -0.3 is 15.5 Å². The number of urea groups is 1. The molecule has 4 N–H and O–H groups in total. The van der Waals surface area contributed by atoms with Crippen LogP contribution in [-0.4, -0.2) is 44.9 Å². The summed E-state index contributed by atoms with van der Waals surface area (Å²) in [6.45, 7) is 2.40. The number of carbonyl (C=O) groups is 2. The number of nitrogens with one attached hydrogen (secondary N) is 2. The summed E-state index contributed by atoms with van der Waals surface area (Å²) in [5.41, 5.74) is 2.47. The van der Waals surface area contributed by atoms with Gasteiger partial charge in [0.05, 0.1) is 4.90 Å². The Hall–Kier alpha value is -2.91. The molecule has 2 aromatic carbocycles. The molecule has 8 nitrogen and oxygen atoms in total. The molecule has 0 aromatic heterocycles. The normalized spacial score (nSPS) is 14.2. The number of hydrogen-bond acceptors (Lipinski definition) is 4. The van der Waals surface area contributed by atoms with Gasteiger partial charge in [-0.15, -0.1) is 0 Å². The van der Waals surface area contributed by atoms with Gasteiger partial charge in [-0.25, -0.2) is 18.4 Å². The summed E-state index contributed by atoms with van der Waals surface area (Å²) in [6.07, 6.45) is 3.86. The molecule has 1 aliphatic rings. The Kier molecular flexibility index (Phi) is 7.64. The minimum absolute atomic E-state index is 0.0607. The van der Waals surface area contributed by atoms with Gasteiger partial charge in [0.1, 0.15) is 0 Å². The van der Waals surface area contributed by atoms with Gasteiger partial charge in [0, 0.05) is 31.7 Å². The monoisotopic (exact) mass is 444 g/mol. The summed E-state index contributed by atoms with van der Waals surface area (Å²) >= 11 is 0. The molecule has 0 spiro atoms. The molecule has 0 saturated carbocycles. The molecule has 0 atom stereocenters. The van der Waals surface area contributed by atoms with Crippen molar-refractivity contribution in [2.45, 2.75) is 37.1 Å². The first-order chi connectivity index (χ1) is 14.8. The van der Waals surface area contributed by atoms with Crippen molar-refractivity contribution in [2.24, 2.45) is 5.14 Å². The molecule has 3 rings (SSSR count). The average molecular weight is 445 g/mol. The molecule has 0 unspecified atom stereocenters.